The van der Waals surface area contributed by atoms with E-state index in [2.05, 4.69) is 15.6 Å². The predicted octanol–water partition coefficient (Wildman–Crippen LogP) is 5.46. The van der Waals surface area contributed by atoms with Crippen LogP contribution in [-0.2, 0) is 11.3 Å². The first kappa shape index (κ1) is 22.3. The van der Waals surface area contributed by atoms with E-state index in [0.717, 1.165) is 16.9 Å². The van der Waals surface area contributed by atoms with Gasteiger partial charge < -0.3 is 20.0 Å². The summed E-state index contributed by atoms with van der Waals surface area (Å²) in [5.41, 5.74) is 3.09. The summed E-state index contributed by atoms with van der Waals surface area (Å²) in [6, 6.07) is 20.7. The van der Waals surface area contributed by atoms with Gasteiger partial charge in [-0.3, -0.25) is 9.59 Å². The highest BCUT2D eigenvalue weighted by Crippen LogP contribution is 2.23. The fourth-order valence-electron chi connectivity index (χ4n) is 3.26. The number of para-hydroxylation sites is 1. The lowest BCUT2D eigenvalue weighted by molar-refractivity contribution is -0.116. The Kier molecular flexibility index (Phi) is 7.16. The molecule has 0 unspecified atom stereocenters. The number of aryl methyl sites for hydroxylation is 1. The van der Waals surface area contributed by atoms with Crippen LogP contribution >= 0.6 is 11.3 Å². The summed E-state index contributed by atoms with van der Waals surface area (Å²) < 4.78 is 5.42. The third-order valence-electron chi connectivity index (χ3n) is 4.87. The van der Waals surface area contributed by atoms with E-state index in [-0.39, 0.29) is 31.3 Å². The van der Waals surface area contributed by atoms with Gasteiger partial charge in [0.15, 0.2) is 5.13 Å². The van der Waals surface area contributed by atoms with Crippen molar-refractivity contribution in [2.24, 2.45) is 0 Å². The molecular weight excluding hydrogens is 436 g/mol. The molecule has 4 rings (SSSR count). The number of furan rings is 1. The molecule has 2 N–H and O–H groups in total. The van der Waals surface area contributed by atoms with E-state index in [1.165, 1.54) is 11.3 Å². The number of benzene rings is 2. The number of hydrogen-bond acceptors (Lipinski definition) is 6. The van der Waals surface area contributed by atoms with Crippen LogP contribution in [-0.4, -0.2) is 28.2 Å². The van der Waals surface area contributed by atoms with Crippen LogP contribution in [0.5, 0.6) is 0 Å². The van der Waals surface area contributed by atoms with Gasteiger partial charge >= 0.3 is 0 Å². The first-order valence-electron chi connectivity index (χ1n) is 10.5. The van der Waals surface area contributed by atoms with Crippen LogP contribution in [0.15, 0.2) is 82.8 Å². The Balaban J connectivity index is 1.43. The van der Waals surface area contributed by atoms with E-state index in [1.54, 1.807) is 28.7 Å². The summed E-state index contributed by atoms with van der Waals surface area (Å²) in [5.74, 6) is 0.214. The van der Waals surface area contributed by atoms with Gasteiger partial charge in [-0.1, -0.05) is 30.3 Å². The zero-order valence-corrected chi connectivity index (χ0v) is 19.0. The zero-order valence-electron chi connectivity index (χ0n) is 18.2. The molecule has 7 nitrogen and oxygen atoms in total. The minimum atomic E-state index is -0.257. The number of thiazole rings is 1. The summed E-state index contributed by atoms with van der Waals surface area (Å²) in [7, 11) is 0. The van der Waals surface area contributed by atoms with Gasteiger partial charge in [-0.25, -0.2) is 4.98 Å². The first-order valence-corrected chi connectivity index (χ1v) is 11.4. The summed E-state index contributed by atoms with van der Waals surface area (Å²) in [5, 5.41) is 8.43. The molecule has 0 radical (unpaired) electrons. The van der Waals surface area contributed by atoms with Gasteiger partial charge in [-0.05, 0) is 48.9 Å². The normalized spacial score (nSPS) is 10.6. The largest absolute Gasteiger partial charge is 0.467 e. The highest BCUT2D eigenvalue weighted by atomic mass is 32.1. The molecule has 2 amide bonds. The van der Waals surface area contributed by atoms with E-state index < -0.39 is 0 Å². The number of nitrogens with zero attached hydrogens (tertiary/aromatic N) is 2. The number of nitrogens with one attached hydrogen (secondary N) is 2. The average molecular weight is 461 g/mol. The van der Waals surface area contributed by atoms with Gasteiger partial charge in [-0.2, -0.15) is 0 Å². The van der Waals surface area contributed by atoms with Crippen LogP contribution in [0.3, 0.4) is 0 Å². The maximum absolute atomic E-state index is 13.2. The monoisotopic (exact) mass is 460 g/mol. The minimum Gasteiger partial charge on any atom is -0.467 e. The van der Waals surface area contributed by atoms with Gasteiger partial charge in [-0.15, -0.1) is 11.3 Å². The second-order valence-corrected chi connectivity index (χ2v) is 8.36. The van der Waals surface area contributed by atoms with Crippen LogP contribution in [0.2, 0.25) is 0 Å². The molecule has 4 aromatic rings. The summed E-state index contributed by atoms with van der Waals surface area (Å²) >= 11 is 1.36. The average Bonchev–Trinajstić information content (AvgIpc) is 3.49. The van der Waals surface area contributed by atoms with Crippen molar-refractivity contribution in [3.05, 3.63) is 95.4 Å². The van der Waals surface area contributed by atoms with Crippen molar-refractivity contribution in [2.45, 2.75) is 19.9 Å². The zero-order chi connectivity index (χ0) is 23.0. The summed E-state index contributed by atoms with van der Waals surface area (Å²) in [6.07, 6.45) is 1.71. The van der Waals surface area contributed by atoms with E-state index in [0.29, 0.717) is 16.6 Å². The molecule has 8 heteroatoms. The number of anilines is 3. The van der Waals surface area contributed by atoms with Crippen LogP contribution in [0.4, 0.5) is 16.5 Å². The number of aromatic nitrogens is 1. The van der Waals surface area contributed by atoms with Crippen molar-refractivity contribution >= 4 is 39.7 Å². The van der Waals surface area contributed by atoms with Crippen molar-refractivity contribution in [3.63, 3.8) is 0 Å². The molecule has 33 heavy (non-hydrogen) atoms. The quantitative estimate of drug-likeness (QED) is 0.346. The molecule has 0 aliphatic rings. The molecule has 2 heterocycles. The molecular formula is C25H24N4O3S. The Morgan fingerprint density at radius 2 is 1.85 bits per heavy atom. The van der Waals surface area contributed by atoms with Crippen LogP contribution in [0.25, 0.3) is 0 Å². The highest BCUT2D eigenvalue weighted by Gasteiger charge is 2.21. The molecule has 0 aliphatic heterocycles. The van der Waals surface area contributed by atoms with Gasteiger partial charge in [0.1, 0.15) is 11.5 Å². The summed E-state index contributed by atoms with van der Waals surface area (Å²) in [4.78, 5) is 31.7. The standard InChI is InChI=1S/C25H24N4O3S/c1-18-7-5-10-20(15-18)27-25-28-22(17-33-25)24(31)29(16-21-11-6-14-32-21)13-12-23(30)26-19-8-3-2-4-9-19/h2-11,14-15,17H,12-13,16H2,1H3,(H,26,30)(H,27,28). The second kappa shape index (κ2) is 10.6. The molecule has 2 aromatic heterocycles. The third-order valence-corrected chi connectivity index (χ3v) is 5.63. The van der Waals surface area contributed by atoms with E-state index in [1.807, 2.05) is 61.5 Å². The number of hydrogen-bond donors (Lipinski definition) is 2. The SMILES string of the molecule is Cc1cccc(Nc2nc(C(=O)N(CCC(=O)Nc3ccccc3)Cc3ccco3)cs2)c1. The minimum absolute atomic E-state index is 0.153. The fourth-order valence-corrected chi connectivity index (χ4v) is 3.97. The van der Waals surface area contributed by atoms with Crippen molar-refractivity contribution in [3.8, 4) is 0 Å². The Morgan fingerprint density at radius 1 is 1.03 bits per heavy atom. The van der Waals surface area contributed by atoms with Crippen molar-refractivity contribution in [1.29, 1.82) is 0 Å². The molecule has 2 aromatic carbocycles. The van der Waals surface area contributed by atoms with Gasteiger partial charge in [0.2, 0.25) is 5.91 Å². The lowest BCUT2D eigenvalue weighted by Crippen LogP contribution is -2.33. The van der Waals surface area contributed by atoms with E-state index >= 15 is 0 Å². The second-order valence-electron chi connectivity index (χ2n) is 7.50. The van der Waals surface area contributed by atoms with Crippen LogP contribution in [0, 0.1) is 6.92 Å². The van der Waals surface area contributed by atoms with Gasteiger partial charge in [0.05, 0.1) is 12.8 Å². The van der Waals surface area contributed by atoms with Crippen molar-refractivity contribution in [2.75, 3.05) is 17.2 Å². The van der Waals surface area contributed by atoms with E-state index in [9.17, 15) is 9.59 Å². The topological polar surface area (TPSA) is 87.5 Å². The number of rotatable bonds is 9. The van der Waals surface area contributed by atoms with Gasteiger partial charge in [0.25, 0.3) is 5.91 Å². The molecule has 0 bridgehead atoms. The van der Waals surface area contributed by atoms with Gasteiger partial charge in [0, 0.05) is 29.7 Å². The predicted molar refractivity (Wildman–Crippen MR) is 130 cm³/mol. The molecule has 0 spiro atoms. The Bertz CT molecular complexity index is 1210. The third kappa shape index (κ3) is 6.30. The molecule has 0 aliphatic carbocycles. The molecule has 168 valence electrons. The number of amides is 2. The lowest BCUT2D eigenvalue weighted by Gasteiger charge is -2.20. The first-order chi connectivity index (χ1) is 16.1. The lowest BCUT2D eigenvalue weighted by atomic mass is 10.2. The Morgan fingerprint density at radius 3 is 2.61 bits per heavy atom. The van der Waals surface area contributed by atoms with Crippen molar-refractivity contribution in [1.82, 2.24) is 9.88 Å². The van der Waals surface area contributed by atoms with Crippen molar-refractivity contribution < 1.29 is 14.0 Å². The highest BCUT2D eigenvalue weighted by molar-refractivity contribution is 7.14. The Labute approximate surface area is 196 Å². The molecule has 0 saturated heterocycles. The summed E-state index contributed by atoms with van der Waals surface area (Å²) in [6.45, 7) is 2.50. The molecule has 0 fully saturated rings. The van der Waals surface area contributed by atoms with E-state index in [4.69, 9.17) is 4.42 Å². The fraction of sp³-hybridized carbons (Fsp3) is 0.160. The molecule has 0 saturated carbocycles. The maximum Gasteiger partial charge on any atom is 0.273 e. The number of carbonyl (C=O) groups excluding carboxylic acids is 2. The maximum atomic E-state index is 13.2. The van der Waals surface area contributed by atoms with Crippen LogP contribution < -0.4 is 10.6 Å². The Hall–Kier alpha value is -3.91. The smallest absolute Gasteiger partial charge is 0.273 e. The molecule has 0 atom stereocenters. The van der Waals surface area contributed by atoms with Crippen LogP contribution in [0.1, 0.15) is 28.2 Å². The number of carbonyl (C=O) groups is 2.